The highest BCUT2D eigenvalue weighted by molar-refractivity contribution is 5.76. The van der Waals surface area contributed by atoms with Crippen molar-refractivity contribution in [3.05, 3.63) is 86.6 Å². The molecule has 4 rings (SSSR count). The van der Waals surface area contributed by atoms with Crippen LogP contribution < -0.4 is 11.2 Å². The van der Waals surface area contributed by atoms with Crippen molar-refractivity contribution in [3.63, 3.8) is 0 Å². The number of nitrogens with one attached hydrogen (secondary N) is 1. The molecule has 3 heterocycles. The minimum atomic E-state index is -0.612. The van der Waals surface area contributed by atoms with Crippen molar-refractivity contribution in [2.45, 2.75) is 31.7 Å². The van der Waals surface area contributed by atoms with Gasteiger partial charge in [-0.15, -0.1) is 0 Å². The van der Waals surface area contributed by atoms with E-state index in [2.05, 4.69) is 9.97 Å². The Bertz CT molecular complexity index is 1170. The third kappa shape index (κ3) is 4.56. The maximum Gasteiger partial charge on any atom is 0.328 e. The summed E-state index contributed by atoms with van der Waals surface area (Å²) in [6.45, 7) is 0.889. The number of nitrogens with zero attached hydrogens (tertiary/aromatic N) is 3. The molecule has 1 aromatic carbocycles. The van der Waals surface area contributed by atoms with E-state index in [0.29, 0.717) is 31.2 Å². The molecule has 30 heavy (non-hydrogen) atoms. The number of carbonyl (C=O) groups is 1. The van der Waals surface area contributed by atoms with Gasteiger partial charge in [-0.3, -0.25) is 19.1 Å². The molecule has 0 aliphatic carbocycles. The van der Waals surface area contributed by atoms with Gasteiger partial charge in [-0.1, -0.05) is 12.1 Å². The largest absolute Gasteiger partial charge is 0.445 e. The Morgan fingerprint density at radius 2 is 2.17 bits per heavy atom. The topological polar surface area (TPSA) is 101 Å². The Balaban J connectivity index is 1.41. The van der Waals surface area contributed by atoms with Crippen molar-refractivity contribution in [2.75, 3.05) is 13.1 Å². The number of amides is 1. The number of hydrogen-bond donors (Lipinski definition) is 1. The van der Waals surface area contributed by atoms with Gasteiger partial charge in [0.2, 0.25) is 5.91 Å². The lowest BCUT2D eigenvalue weighted by Gasteiger charge is -2.31. The molecule has 0 saturated carbocycles. The van der Waals surface area contributed by atoms with Crippen molar-refractivity contribution >= 4 is 5.91 Å². The number of rotatable bonds is 5. The second-order valence-electron chi connectivity index (χ2n) is 7.39. The number of piperidine rings is 1. The average molecular weight is 412 g/mol. The van der Waals surface area contributed by atoms with E-state index in [4.69, 9.17) is 4.42 Å². The van der Waals surface area contributed by atoms with E-state index in [-0.39, 0.29) is 24.2 Å². The molecule has 1 aliphatic rings. The predicted molar refractivity (Wildman–Crippen MR) is 106 cm³/mol. The number of H-pyrrole nitrogens is 1. The molecule has 1 atom stereocenters. The SMILES string of the molecule is O=C(Cn1ccc(=O)[nH]c1=O)N1CCC[C@@H](c2ncc(Cc3cccc(F)c3)o2)C1. The number of oxazole rings is 1. The summed E-state index contributed by atoms with van der Waals surface area (Å²) in [5, 5.41) is 0. The lowest BCUT2D eigenvalue weighted by Crippen LogP contribution is -2.42. The van der Waals surface area contributed by atoms with Crippen LogP contribution in [0.4, 0.5) is 4.39 Å². The lowest BCUT2D eigenvalue weighted by atomic mass is 9.98. The first-order valence-corrected chi connectivity index (χ1v) is 9.74. The Hall–Kier alpha value is -3.49. The van der Waals surface area contributed by atoms with Crippen LogP contribution in [0.25, 0.3) is 0 Å². The van der Waals surface area contributed by atoms with E-state index in [1.807, 2.05) is 6.07 Å². The molecule has 1 aliphatic heterocycles. The second kappa shape index (κ2) is 8.48. The first-order valence-electron chi connectivity index (χ1n) is 9.74. The zero-order valence-electron chi connectivity index (χ0n) is 16.2. The molecule has 1 N–H and O–H groups in total. The summed E-state index contributed by atoms with van der Waals surface area (Å²) in [6, 6.07) is 7.54. The van der Waals surface area contributed by atoms with Gasteiger partial charge in [-0.25, -0.2) is 14.2 Å². The molecule has 1 saturated heterocycles. The second-order valence-corrected chi connectivity index (χ2v) is 7.39. The number of benzene rings is 1. The van der Waals surface area contributed by atoms with Crippen LogP contribution in [0.15, 0.2) is 56.7 Å². The number of likely N-dealkylation sites (tertiary alicyclic amines) is 1. The summed E-state index contributed by atoms with van der Waals surface area (Å²) < 4.78 is 20.4. The van der Waals surface area contributed by atoms with E-state index in [0.717, 1.165) is 18.4 Å². The highest BCUT2D eigenvalue weighted by Crippen LogP contribution is 2.27. The van der Waals surface area contributed by atoms with Gasteiger partial charge in [0.1, 0.15) is 18.1 Å². The smallest absolute Gasteiger partial charge is 0.328 e. The first kappa shape index (κ1) is 19.8. The zero-order valence-corrected chi connectivity index (χ0v) is 16.2. The van der Waals surface area contributed by atoms with E-state index >= 15 is 0 Å². The van der Waals surface area contributed by atoms with Crippen LogP contribution in [0, 0.1) is 5.82 Å². The Morgan fingerprint density at radius 3 is 2.97 bits per heavy atom. The molecular weight excluding hydrogens is 391 g/mol. The van der Waals surface area contributed by atoms with Crippen molar-refractivity contribution < 1.29 is 13.6 Å². The molecule has 8 nitrogen and oxygen atoms in total. The van der Waals surface area contributed by atoms with Gasteiger partial charge in [-0.05, 0) is 30.5 Å². The highest BCUT2D eigenvalue weighted by Gasteiger charge is 2.28. The van der Waals surface area contributed by atoms with E-state index in [1.54, 1.807) is 17.2 Å². The molecule has 9 heteroatoms. The third-order valence-electron chi connectivity index (χ3n) is 5.16. The maximum atomic E-state index is 13.4. The number of aromatic nitrogens is 3. The minimum absolute atomic E-state index is 0.0451. The fourth-order valence-corrected chi connectivity index (χ4v) is 3.66. The standard InChI is InChI=1S/C21H21FN4O4/c22-16-5-1-3-14(9-16)10-17-11-23-20(30-17)15-4-2-7-25(12-15)19(28)13-26-8-6-18(27)24-21(26)29/h1,3,5-6,8-9,11,15H,2,4,7,10,12-13H2,(H,24,27,29)/t15-/m1/s1. The van der Waals surface area contributed by atoms with Crippen molar-refractivity contribution in [1.82, 2.24) is 19.4 Å². The first-order chi connectivity index (χ1) is 14.5. The maximum absolute atomic E-state index is 13.4. The van der Waals surface area contributed by atoms with Crippen LogP contribution in [-0.4, -0.2) is 38.4 Å². The highest BCUT2D eigenvalue weighted by atomic mass is 19.1. The number of halogens is 1. The van der Waals surface area contributed by atoms with Gasteiger partial charge >= 0.3 is 5.69 Å². The summed E-state index contributed by atoms with van der Waals surface area (Å²) in [4.78, 5) is 43.8. The number of carbonyl (C=O) groups excluding carboxylic acids is 1. The van der Waals surface area contributed by atoms with Gasteiger partial charge in [-0.2, -0.15) is 0 Å². The molecule has 0 unspecified atom stereocenters. The minimum Gasteiger partial charge on any atom is -0.445 e. The van der Waals surface area contributed by atoms with Crippen LogP contribution in [0.5, 0.6) is 0 Å². The van der Waals surface area contributed by atoms with Crippen molar-refractivity contribution in [2.24, 2.45) is 0 Å². The Labute approximate surface area is 171 Å². The quantitative estimate of drug-likeness (QED) is 0.687. The normalized spacial score (nSPS) is 16.6. The van der Waals surface area contributed by atoms with Crippen LogP contribution in [0.1, 0.15) is 36.0 Å². The van der Waals surface area contributed by atoms with Crippen LogP contribution in [0.3, 0.4) is 0 Å². The summed E-state index contributed by atoms with van der Waals surface area (Å²) in [5.41, 5.74) is -0.316. The fraction of sp³-hybridized carbons (Fsp3) is 0.333. The van der Waals surface area contributed by atoms with Gasteiger partial charge in [0, 0.05) is 31.8 Å². The van der Waals surface area contributed by atoms with E-state index in [1.165, 1.54) is 29.0 Å². The summed E-state index contributed by atoms with van der Waals surface area (Å²) >= 11 is 0. The van der Waals surface area contributed by atoms with Crippen LogP contribution in [0.2, 0.25) is 0 Å². The number of aromatic amines is 1. The van der Waals surface area contributed by atoms with E-state index in [9.17, 15) is 18.8 Å². The van der Waals surface area contributed by atoms with Crippen LogP contribution in [-0.2, 0) is 17.8 Å². The zero-order chi connectivity index (χ0) is 21.1. The number of hydrogen-bond acceptors (Lipinski definition) is 5. The van der Waals surface area contributed by atoms with Gasteiger partial charge in [0.05, 0.1) is 12.1 Å². The molecule has 0 bridgehead atoms. The predicted octanol–water partition coefficient (Wildman–Crippen LogP) is 1.66. The average Bonchev–Trinajstić information content (AvgIpc) is 3.19. The van der Waals surface area contributed by atoms with Crippen molar-refractivity contribution in [1.29, 1.82) is 0 Å². The van der Waals surface area contributed by atoms with Gasteiger partial charge in [0.15, 0.2) is 5.89 Å². The molecule has 3 aromatic rings. The molecule has 156 valence electrons. The fourth-order valence-electron chi connectivity index (χ4n) is 3.66. The summed E-state index contributed by atoms with van der Waals surface area (Å²) in [7, 11) is 0. The van der Waals surface area contributed by atoms with Gasteiger partial charge < -0.3 is 9.32 Å². The lowest BCUT2D eigenvalue weighted by molar-refractivity contribution is -0.133. The summed E-state index contributed by atoms with van der Waals surface area (Å²) in [6.07, 6.45) is 5.02. The molecule has 1 amide bonds. The molecule has 0 spiro atoms. The Kier molecular flexibility index (Phi) is 5.60. The molecule has 0 radical (unpaired) electrons. The van der Waals surface area contributed by atoms with Crippen molar-refractivity contribution in [3.8, 4) is 0 Å². The molecular formula is C21H21FN4O4. The van der Waals surface area contributed by atoms with E-state index < -0.39 is 11.2 Å². The molecule has 2 aromatic heterocycles. The third-order valence-corrected chi connectivity index (χ3v) is 5.16. The summed E-state index contributed by atoms with van der Waals surface area (Å²) in [5.74, 6) is 0.644. The molecule has 1 fully saturated rings. The van der Waals surface area contributed by atoms with Gasteiger partial charge in [0.25, 0.3) is 5.56 Å². The van der Waals surface area contributed by atoms with Crippen LogP contribution >= 0.6 is 0 Å². The Morgan fingerprint density at radius 1 is 1.30 bits per heavy atom. The monoisotopic (exact) mass is 412 g/mol.